The fraction of sp³-hybridized carbons (Fsp3) is 0.500. The summed E-state index contributed by atoms with van der Waals surface area (Å²) >= 11 is 5.80. The van der Waals surface area contributed by atoms with Crippen LogP contribution in [-0.2, 0) is 4.79 Å². The number of halogens is 1. The van der Waals surface area contributed by atoms with E-state index in [9.17, 15) is 4.79 Å². The fourth-order valence-corrected chi connectivity index (χ4v) is 1.64. The van der Waals surface area contributed by atoms with Crippen molar-refractivity contribution in [1.82, 2.24) is 5.32 Å². The highest BCUT2D eigenvalue weighted by molar-refractivity contribution is 6.19. The molecule has 0 bridgehead atoms. The minimum absolute atomic E-state index is 0.00297. The molecule has 2 nitrogen and oxygen atoms in total. The predicted octanol–water partition coefficient (Wildman–Crippen LogP) is 3.52. The van der Waals surface area contributed by atoms with Crippen molar-refractivity contribution in [3.8, 4) is 0 Å². The van der Waals surface area contributed by atoms with Crippen LogP contribution in [0.4, 0.5) is 0 Å². The molecule has 0 aromatic heterocycles. The standard InChI is InChI=1S/C14H20ClNO/c1-4-12(11-8-6-5-7-9-11)16-13(17)14(2,3)10-15/h5-9,12H,4,10H2,1-3H3,(H,16,17). The first kappa shape index (κ1) is 14.0. The van der Waals surface area contributed by atoms with Gasteiger partial charge in [0.1, 0.15) is 0 Å². The first-order valence-electron chi connectivity index (χ1n) is 5.93. The lowest BCUT2D eigenvalue weighted by Gasteiger charge is -2.25. The van der Waals surface area contributed by atoms with Gasteiger partial charge in [-0.05, 0) is 25.8 Å². The third-order valence-corrected chi connectivity index (χ3v) is 3.53. The molecule has 3 heteroatoms. The molecule has 0 aliphatic heterocycles. The molecule has 17 heavy (non-hydrogen) atoms. The maximum Gasteiger partial charge on any atom is 0.227 e. The SMILES string of the molecule is CCC(NC(=O)C(C)(C)CCl)c1ccccc1. The van der Waals surface area contributed by atoms with Crippen LogP contribution in [0.1, 0.15) is 38.8 Å². The van der Waals surface area contributed by atoms with E-state index >= 15 is 0 Å². The Morgan fingerprint density at radius 1 is 1.35 bits per heavy atom. The third-order valence-electron chi connectivity index (χ3n) is 2.86. The van der Waals surface area contributed by atoms with Crippen molar-refractivity contribution in [1.29, 1.82) is 0 Å². The Labute approximate surface area is 108 Å². The number of benzene rings is 1. The van der Waals surface area contributed by atoms with Crippen LogP contribution in [0, 0.1) is 5.41 Å². The van der Waals surface area contributed by atoms with Crippen LogP contribution >= 0.6 is 11.6 Å². The van der Waals surface area contributed by atoms with Gasteiger partial charge in [0.25, 0.3) is 0 Å². The molecule has 0 radical (unpaired) electrons. The highest BCUT2D eigenvalue weighted by atomic mass is 35.5. The van der Waals surface area contributed by atoms with Gasteiger partial charge < -0.3 is 5.32 Å². The van der Waals surface area contributed by atoms with Crippen molar-refractivity contribution in [3.63, 3.8) is 0 Å². The highest BCUT2D eigenvalue weighted by Crippen LogP contribution is 2.21. The zero-order valence-electron chi connectivity index (χ0n) is 10.7. The Balaban J connectivity index is 2.75. The van der Waals surface area contributed by atoms with Gasteiger partial charge in [-0.2, -0.15) is 0 Å². The van der Waals surface area contributed by atoms with Crippen molar-refractivity contribution in [3.05, 3.63) is 35.9 Å². The second-order valence-corrected chi connectivity index (χ2v) is 5.13. The van der Waals surface area contributed by atoms with Crippen LogP contribution in [0.2, 0.25) is 0 Å². The Hall–Kier alpha value is -1.02. The zero-order chi connectivity index (χ0) is 12.9. The molecule has 94 valence electrons. The van der Waals surface area contributed by atoms with Crippen LogP contribution in [0.25, 0.3) is 0 Å². The Morgan fingerprint density at radius 2 is 1.94 bits per heavy atom. The number of amides is 1. The summed E-state index contributed by atoms with van der Waals surface area (Å²) in [5, 5.41) is 3.05. The molecule has 0 aliphatic rings. The van der Waals surface area contributed by atoms with Gasteiger partial charge >= 0.3 is 0 Å². The Bertz CT molecular complexity index is 362. The van der Waals surface area contributed by atoms with E-state index in [0.29, 0.717) is 5.88 Å². The summed E-state index contributed by atoms with van der Waals surface area (Å²) in [6.07, 6.45) is 0.869. The number of nitrogens with one attached hydrogen (secondary N) is 1. The molecular weight excluding hydrogens is 234 g/mol. The molecule has 0 aliphatic carbocycles. The summed E-state index contributed by atoms with van der Waals surface area (Å²) in [7, 11) is 0. The van der Waals surface area contributed by atoms with Crippen molar-refractivity contribution in [2.75, 3.05) is 5.88 Å². The van der Waals surface area contributed by atoms with Crippen LogP contribution in [0.15, 0.2) is 30.3 Å². The first-order chi connectivity index (χ1) is 8.01. The minimum Gasteiger partial charge on any atom is -0.349 e. The number of carbonyl (C=O) groups excluding carboxylic acids is 1. The Kier molecular flexibility index (Phi) is 5.01. The second-order valence-electron chi connectivity index (χ2n) is 4.86. The first-order valence-corrected chi connectivity index (χ1v) is 6.46. The largest absolute Gasteiger partial charge is 0.349 e. The summed E-state index contributed by atoms with van der Waals surface area (Å²) in [4.78, 5) is 12.0. The van der Waals surface area contributed by atoms with Crippen LogP contribution in [0.5, 0.6) is 0 Å². The zero-order valence-corrected chi connectivity index (χ0v) is 11.4. The fourth-order valence-electron chi connectivity index (χ4n) is 1.52. The molecular formula is C14H20ClNO. The lowest BCUT2D eigenvalue weighted by molar-refractivity contribution is -0.129. The molecule has 0 saturated carbocycles. The molecule has 1 unspecified atom stereocenters. The highest BCUT2D eigenvalue weighted by Gasteiger charge is 2.28. The number of hydrogen-bond acceptors (Lipinski definition) is 1. The summed E-state index contributed by atoms with van der Waals surface area (Å²) in [5.41, 5.74) is 0.609. The van der Waals surface area contributed by atoms with E-state index in [2.05, 4.69) is 12.2 Å². The van der Waals surface area contributed by atoms with Gasteiger partial charge in [0.05, 0.1) is 11.5 Å². The van der Waals surface area contributed by atoms with Crippen molar-refractivity contribution in [2.24, 2.45) is 5.41 Å². The summed E-state index contributed by atoms with van der Waals surface area (Å²) in [6, 6.07) is 10.1. The van der Waals surface area contributed by atoms with E-state index in [-0.39, 0.29) is 11.9 Å². The maximum absolute atomic E-state index is 12.0. The second kappa shape index (κ2) is 6.06. The average Bonchev–Trinajstić information content (AvgIpc) is 2.36. The molecule has 1 N–H and O–H groups in total. The smallest absolute Gasteiger partial charge is 0.227 e. The van der Waals surface area contributed by atoms with E-state index in [4.69, 9.17) is 11.6 Å². The monoisotopic (exact) mass is 253 g/mol. The molecule has 1 aromatic rings. The number of hydrogen-bond donors (Lipinski definition) is 1. The molecule has 1 rings (SSSR count). The van der Waals surface area contributed by atoms with E-state index in [0.717, 1.165) is 12.0 Å². The van der Waals surface area contributed by atoms with E-state index in [1.807, 2.05) is 44.2 Å². The van der Waals surface area contributed by atoms with E-state index in [1.54, 1.807) is 0 Å². The summed E-state index contributed by atoms with van der Waals surface area (Å²) in [6.45, 7) is 5.77. The normalized spacial score (nSPS) is 13.2. The van der Waals surface area contributed by atoms with Crippen molar-refractivity contribution in [2.45, 2.75) is 33.2 Å². The minimum atomic E-state index is -0.524. The van der Waals surface area contributed by atoms with Crippen LogP contribution < -0.4 is 5.32 Å². The molecule has 1 aromatic carbocycles. The van der Waals surface area contributed by atoms with E-state index in [1.165, 1.54) is 0 Å². The number of carbonyl (C=O) groups is 1. The van der Waals surface area contributed by atoms with Crippen molar-refractivity contribution >= 4 is 17.5 Å². The molecule has 0 heterocycles. The topological polar surface area (TPSA) is 29.1 Å². The molecule has 1 atom stereocenters. The molecule has 0 saturated heterocycles. The van der Waals surface area contributed by atoms with E-state index < -0.39 is 5.41 Å². The van der Waals surface area contributed by atoms with Gasteiger partial charge in [-0.3, -0.25) is 4.79 Å². The third kappa shape index (κ3) is 3.74. The van der Waals surface area contributed by atoms with Gasteiger partial charge in [0.15, 0.2) is 0 Å². The quantitative estimate of drug-likeness (QED) is 0.800. The predicted molar refractivity (Wildman–Crippen MR) is 72.1 cm³/mol. The summed E-state index contributed by atoms with van der Waals surface area (Å²) in [5.74, 6) is 0.326. The van der Waals surface area contributed by atoms with Crippen molar-refractivity contribution < 1.29 is 4.79 Å². The van der Waals surface area contributed by atoms with Crippen LogP contribution in [-0.4, -0.2) is 11.8 Å². The summed E-state index contributed by atoms with van der Waals surface area (Å²) < 4.78 is 0. The average molecular weight is 254 g/mol. The number of rotatable bonds is 5. The molecule has 1 amide bonds. The lowest BCUT2D eigenvalue weighted by atomic mass is 9.93. The lowest BCUT2D eigenvalue weighted by Crippen LogP contribution is -2.40. The Morgan fingerprint density at radius 3 is 2.41 bits per heavy atom. The van der Waals surface area contributed by atoms with Gasteiger partial charge in [0.2, 0.25) is 5.91 Å². The van der Waals surface area contributed by atoms with Gasteiger partial charge in [-0.1, -0.05) is 37.3 Å². The molecule has 0 fully saturated rings. The molecule has 0 spiro atoms. The van der Waals surface area contributed by atoms with Gasteiger partial charge in [-0.15, -0.1) is 11.6 Å². The van der Waals surface area contributed by atoms with Gasteiger partial charge in [-0.25, -0.2) is 0 Å². The van der Waals surface area contributed by atoms with Gasteiger partial charge in [0, 0.05) is 5.88 Å². The van der Waals surface area contributed by atoms with Crippen LogP contribution in [0.3, 0.4) is 0 Å². The number of alkyl halides is 1. The maximum atomic E-state index is 12.0.